The van der Waals surface area contributed by atoms with Crippen LogP contribution in [-0.2, 0) is 14.3 Å². The summed E-state index contributed by atoms with van der Waals surface area (Å²) in [4.78, 5) is 23.4. The smallest absolute Gasteiger partial charge is 0.313 e. The second kappa shape index (κ2) is 10.3. The van der Waals surface area contributed by atoms with E-state index in [0.29, 0.717) is 16.7 Å². The third-order valence-electron chi connectivity index (χ3n) is 11.5. The van der Waals surface area contributed by atoms with Crippen molar-refractivity contribution in [3.8, 4) is 0 Å². The van der Waals surface area contributed by atoms with E-state index in [1.54, 1.807) is 0 Å². The van der Waals surface area contributed by atoms with Gasteiger partial charge in [-0.3, -0.25) is 9.59 Å². The molecule has 0 aromatic heterocycles. The van der Waals surface area contributed by atoms with Crippen LogP contribution < -0.4 is 0 Å². The normalized spacial score (nSPS) is 42.4. The summed E-state index contributed by atoms with van der Waals surface area (Å²) in [5.74, 6) is 5.58. The Morgan fingerprint density at radius 3 is 2.29 bits per heavy atom. The van der Waals surface area contributed by atoms with Crippen LogP contribution in [0.25, 0.3) is 0 Å². The molecule has 0 heterocycles. The lowest BCUT2D eigenvalue weighted by Gasteiger charge is -2.61. The van der Waals surface area contributed by atoms with Crippen LogP contribution >= 0.6 is 0 Å². The molecule has 0 aromatic rings. The van der Waals surface area contributed by atoms with Crippen molar-refractivity contribution in [2.24, 2.45) is 52.3 Å². The van der Waals surface area contributed by atoms with Gasteiger partial charge in [-0.2, -0.15) is 0 Å². The van der Waals surface area contributed by atoms with Crippen molar-refractivity contribution in [3.63, 3.8) is 0 Å². The average molecular weight is 473 g/mol. The molecule has 4 aliphatic carbocycles. The van der Waals surface area contributed by atoms with Crippen molar-refractivity contribution >= 4 is 11.8 Å². The minimum absolute atomic E-state index is 0.0258. The molecule has 3 nitrogen and oxygen atoms in total. The van der Waals surface area contributed by atoms with Crippen molar-refractivity contribution in [2.45, 2.75) is 131 Å². The van der Waals surface area contributed by atoms with Crippen LogP contribution in [0.1, 0.15) is 125 Å². The van der Waals surface area contributed by atoms with E-state index in [4.69, 9.17) is 4.74 Å². The molecule has 3 heteroatoms. The number of fused-ring (bicyclic) bond motifs is 5. The van der Waals surface area contributed by atoms with Crippen LogP contribution in [0, 0.1) is 52.3 Å². The quantitative estimate of drug-likeness (QED) is 0.265. The highest BCUT2D eigenvalue weighted by Gasteiger charge is 2.60. The minimum Gasteiger partial charge on any atom is -0.462 e. The Labute approximate surface area is 209 Å². The Kier molecular flexibility index (Phi) is 7.90. The highest BCUT2D eigenvalue weighted by Crippen LogP contribution is 2.68. The third kappa shape index (κ3) is 5.01. The molecular formula is C31H52O3. The summed E-state index contributed by atoms with van der Waals surface area (Å²) in [5.41, 5.74) is 0.968. The Balaban J connectivity index is 1.39. The van der Waals surface area contributed by atoms with Crippen molar-refractivity contribution < 1.29 is 14.3 Å². The number of carbonyl (C=O) groups excluding carboxylic acids is 2. The molecule has 0 amide bonds. The monoisotopic (exact) mass is 472 g/mol. The second-order valence-electron chi connectivity index (χ2n) is 14.0. The van der Waals surface area contributed by atoms with Crippen molar-refractivity contribution in [1.29, 1.82) is 0 Å². The second-order valence-corrected chi connectivity index (χ2v) is 14.0. The van der Waals surface area contributed by atoms with E-state index in [9.17, 15) is 9.59 Å². The lowest BCUT2D eigenvalue weighted by atomic mass is 9.44. The van der Waals surface area contributed by atoms with E-state index < -0.39 is 0 Å². The Morgan fingerprint density at radius 1 is 0.882 bits per heavy atom. The number of hydrogen-bond donors (Lipinski definition) is 0. The zero-order valence-electron chi connectivity index (χ0n) is 23.0. The first-order valence-electron chi connectivity index (χ1n) is 14.7. The first kappa shape index (κ1) is 26.2. The van der Waals surface area contributed by atoms with Gasteiger partial charge in [0, 0.05) is 0 Å². The van der Waals surface area contributed by atoms with Gasteiger partial charge in [-0.25, -0.2) is 0 Å². The molecule has 34 heavy (non-hydrogen) atoms. The first-order valence-corrected chi connectivity index (χ1v) is 14.7. The average Bonchev–Trinajstić information content (AvgIpc) is 3.10. The van der Waals surface area contributed by atoms with E-state index in [2.05, 4.69) is 34.6 Å². The summed E-state index contributed by atoms with van der Waals surface area (Å²) in [7, 11) is 0. The Bertz CT molecular complexity index is 743. The largest absolute Gasteiger partial charge is 0.462 e. The zero-order valence-corrected chi connectivity index (χ0v) is 23.0. The molecule has 4 saturated carbocycles. The van der Waals surface area contributed by atoms with Gasteiger partial charge < -0.3 is 4.74 Å². The number of Topliss-reactive ketones (excluding diaryl/α,β-unsaturated/α-hetero) is 1. The lowest BCUT2D eigenvalue weighted by molar-refractivity contribution is -0.163. The number of ether oxygens (including phenoxy) is 1. The molecular weight excluding hydrogens is 420 g/mol. The topological polar surface area (TPSA) is 43.4 Å². The molecule has 0 saturated heterocycles. The maximum Gasteiger partial charge on any atom is 0.313 e. The Morgan fingerprint density at radius 2 is 1.59 bits per heavy atom. The van der Waals surface area contributed by atoms with Crippen LogP contribution in [0.2, 0.25) is 0 Å². The molecule has 0 N–H and O–H groups in total. The van der Waals surface area contributed by atoms with Gasteiger partial charge in [0.15, 0.2) is 0 Å². The van der Waals surface area contributed by atoms with Crippen LogP contribution in [0.5, 0.6) is 0 Å². The van der Waals surface area contributed by atoms with Gasteiger partial charge in [0.25, 0.3) is 0 Å². The minimum atomic E-state index is -0.317. The molecule has 0 bridgehead atoms. The highest BCUT2D eigenvalue weighted by molar-refractivity contribution is 5.94. The van der Waals surface area contributed by atoms with Crippen LogP contribution in [0.4, 0.5) is 0 Å². The fourth-order valence-corrected chi connectivity index (χ4v) is 9.78. The molecule has 0 aromatic carbocycles. The lowest BCUT2D eigenvalue weighted by Crippen LogP contribution is -2.54. The van der Waals surface area contributed by atoms with Crippen LogP contribution in [-0.4, -0.2) is 17.9 Å². The summed E-state index contributed by atoms with van der Waals surface area (Å²) >= 11 is 0. The number of carbonyl (C=O) groups is 2. The third-order valence-corrected chi connectivity index (χ3v) is 11.5. The van der Waals surface area contributed by atoms with Gasteiger partial charge in [0.05, 0.1) is 0 Å². The molecule has 4 fully saturated rings. The van der Waals surface area contributed by atoms with Gasteiger partial charge in [0.2, 0.25) is 0 Å². The van der Waals surface area contributed by atoms with Crippen LogP contribution in [0.3, 0.4) is 0 Å². The standard InChI is InChI=1S/C31H52O3/c1-20(2)8-7-9-21(3)26-12-13-27-25-11-10-23-19-24(34-29(33)18-22(4)32)14-16-30(23,5)28(25)15-17-31(26,27)6/h20-21,23-28H,7-19H2,1-6H3/t21-,23+,24+,25-,26-,27+,28-,30+,31-/m1/s1. The number of rotatable bonds is 8. The highest BCUT2D eigenvalue weighted by atomic mass is 16.5. The molecule has 4 rings (SSSR count). The van der Waals surface area contributed by atoms with E-state index >= 15 is 0 Å². The predicted molar refractivity (Wildman–Crippen MR) is 138 cm³/mol. The SMILES string of the molecule is CC(=O)CC(=O)O[C@H]1CC[C@@]2(C)[C@@H](CC[C@H]3[C@H]2CC[C@]2(C)[C@@H]([C@H](C)CCCC(C)C)CC[C@@H]32)C1. The molecule has 194 valence electrons. The van der Waals surface area contributed by atoms with Crippen LogP contribution in [0.15, 0.2) is 0 Å². The molecule has 4 aliphatic rings. The summed E-state index contributed by atoms with van der Waals surface area (Å²) in [5, 5.41) is 0. The van der Waals surface area contributed by atoms with Crippen molar-refractivity contribution in [3.05, 3.63) is 0 Å². The van der Waals surface area contributed by atoms with E-state index in [0.717, 1.165) is 48.3 Å². The van der Waals surface area contributed by atoms with E-state index in [-0.39, 0.29) is 24.3 Å². The summed E-state index contributed by atoms with van der Waals surface area (Å²) < 4.78 is 5.75. The maximum atomic E-state index is 12.1. The van der Waals surface area contributed by atoms with Crippen molar-refractivity contribution in [1.82, 2.24) is 0 Å². The first-order chi connectivity index (χ1) is 16.0. The number of hydrogen-bond acceptors (Lipinski definition) is 3. The fourth-order valence-electron chi connectivity index (χ4n) is 9.78. The predicted octanol–water partition coefficient (Wildman–Crippen LogP) is 8.00. The maximum absolute atomic E-state index is 12.1. The van der Waals surface area contributed by atoms with E-state index in [1.165, 1.54) is 71.1 Å². The van der Waals surface area contributed by atoms with Gasteiger partial charge in [-0.15, -0.1) is 0 Å². The van der Waals surface area contributed by atoms with Gasteiger partial charge in [-0.1, -0.05) is 53.9 Å². The van der Waals surface area contributed by atoms with E-state index in [1.807, 2.05) is 0 Å². The summed E-state index contributed by atoms with van der Waals surface area (Å²) in [6, 6.07) is 0. The fraction of sp³-hybridized carbons (Fsp3) is 0.935. The molecule has 0 aliphatic heterocycles. The zero-order chi connectivity index (χ0) is 24.7. The molecule has 0 radical (unpaired) electrons. The van der Waals surface area contributed by atoms with Gasteiger partial charge in [-0.05, 0) is 117 Å². The Hall–Kier alpha value is -0.860. The van der Waals surface area contributed by atoms with Gasteiger partial charge in [0.1, 0.15) is 18.3 Å². The summed E-state index contributed by atoms with van der Waals surface area (Å²) in [6.07, 6.45) is 15.8. The van der Waals surface area contributed by atoms with Gasteiger partial charge >= 0.3 is 5.97 Å². The number of ketones is 1. The molecule has 9 atom stereocenters. The summed E-state index contributed by atoms with van der Waals surface area (Å²) in [6.45, 7) is 14.0. The number of esters is 1. The molecule has 0 spiro atoms. The molecule has 0 unspecified atom stereocenters. The van der Waals surface area contributed by atoms with Crippen molar-refractivity contribution in [2.75, 3.05) is 0 Å².